The Morgan fingerprint density at radius 1 is 1.10 bits per heavy atom. The van der Waals surface area contributed by atoms with Gasteiger partial charge >= 0.3 is 0 Å². The molecular formula is C25H31ClN2O2. The molecule has 0 unspecified atom stereocenters. The predicted octanol–water partition coefficient (Wildman–Crippen LogP) is 5.20. The van der Waals surface area contributed by atoms with E-state index < -0.39 is 6.04 Å². The molecule has 0 radical (unpaired) electrons. The molecule has 1 fully saturated rings. The summed E-state index contributed by atoms with van der Waals surface area (Å²) in [7, 11) is 0. The number of carbonyl (C=O) groups is 2. The molecule has 2 aromatic carbocycles. The van der Waals surface area contributed by atoms with E-state index in [2.05, 4.69) is 24.4 Å². The molecule has 1 aliphatic heterocycles. The van der Waals surface area contributed by atoms with Crippen molar-refractivity contribution in [2.45, 2.75) is 52.0 Å². The summed E-state index contributed by atoms with van der Waals surface area (Å²) >= 11 is 6.00. The van der Waals surface area contributed by atoms with E-state index in [1.54, 1.807) is 6.07 Å². The van der Waals surface area contributed by atoms with Crippen molar-refractivity contribution in [3.05, 3.63) is 70.2 Å². The van der Waals surface area contributed by atoms with Crippen molar-refractivity contribution in [3.63, 3.8) is 0 Å². The van der Waals surface area contributed by atoms with Crippen LogP contribution in [0.15, 0.2) is 48.5 Å². The number of benzene rings is 2. The number of rotatable bonds is 6. The summed E-state index contributed by atoms with van der Waals surface area (Å²) in [5, 5.41) is 3.77. The summed E-state index contributed by atoms with van der Waals surface area (Å²) in [6.07, 6.45) is 2.67. The SMILES string of the molecule is CC[C@H](C)[C@@H](NC(=O)c1ccccc1C)C(=O)N1CCC(c2ccc(Cl)cc2)CC1. The molecule has 1 saturated heterocycles. The number of aryl methyl sites for hydroxylation is 1. The molecule has 2 amide bonds. The van der Waals surface area contributed by atoms with E-state index in [0.29, 0.717) is 24.6 Å². The van der Waals surface area contributed by atoms with Gasteiger partial charge in [0, 0.05) is 23.7 Å². The Morgan fingerprint density at radius 2 is 1.73 bits per heavy atom. The predicted molar refractivity (Wildman–Crippen MR) is 122 cm³/mol. The summed E-state index contributed by atoms with van der Waals surface area (Å²) in [4.78, 5) is 28.1. The maximum atomic E-state index is 13.3. The van der Waals surface area contributed by atoms with Crippen LogP contribution in [0.25, 0.3) is 0 Å². The maximum Gasteiger partial charge on any atom is 0.252 e. The molecule has 30 heavy (non-hydrogen) atoms. The minimum Gasteiger partial charge on any atom is -0.341 e. The van der Waals surface area contributed by atoms with Crippen molar-refractivity contribution >= 4 is 23.4 Å². The normalized spacial score (nSPS) is 16.7. The third-order valence-electron chi connectivity index (χ3n) is 6.30. The Morgan fingerprint density at radius 3 is 2.33 bits per heavy atom. The van der Waals surface area contributed by atoms with Crippen LogP contribution in [0.3, 0.4) is 0 Å². The number of amides is 2. The van der Waals surface area contributed by atoms with Crippen LogP contribution in [0.2, 0.25) is 5.02 Å². The summed E-state index contributed by atoms with van der Waals surface area (Å²) < 4.78 is 0. The smallest absolute Gasteiger partial charge is 0.252 e. The molecule has 0 bridgehead atoms. The largest absolute Gasteiger partial charge is 0.341 e. The summed E-state index contributed by atoms with van der Waals surface area (Å²) in [6.45, 7) is 7.41. The van der Waals surface area contributed by atoms with Crippen molar-refractivity contribution < 1.29 is 9.59 Å². The summed E-state index contributed by atoms with van der Waals surface area (Å²) in [5.41, 5.74) is 2.81. The van der Waals surface area contributed by atoms with Gasteiger partial charge in [-0.05, 0) is 60.9 Å². The van der Waals surface area contributed by atoms with Gasteiger partial charge in [0.2, 0.25) is 5.91 Å². The maximum absolute atomic E-state index is 13.3. The third kappa shape index (κ3) is 5.23. The number of nitrogens with zero attached hydrogens (tertiary/aromatic N) is 1. The summed E-state index contributed by atoms with van der Waals surface area (Å²) in [6, 6.07) is 15.0. The van der Waals surface area contributed by atoms with E-state index >= 15 is 0 Å². The van der Waals surface area contributed by atoms with Crippen LogP contribution in [0.5, 0.6) is 0 Å². The second-order valence-corrected chi connectivity index (χ2v) is 8.74. The first-order valence-corrected chi connectivity index (χ1v) is 11.2. The highest BCUT2D eigenvalue weighted by Gasteiger charge is 2.32. The van der Waals surface area contributed by atoms with Crippen LogP contribution in [0.1, 0.15) is 60.5 Å². The first-order valence-electron chi connectivity index (χ1n) is 10.8. The topological polar surface area (TPSA) is 49.4 Å². The lowest BCUT2D eigenvalue weighted by molar-refractivity contribution is -0.135. The number of nitrogens with one attached hydrogen (secondary N) is 1. The molecule has 1 heterocycles. The monoisotopic (exact) mass is 426 g/mol. The first kappa shape index (κ1) is 22.4. The molecule has 2 atom stereocenters. The Kier molecular flexibility index (Phi) is 7.54. The van der Waals surface area contributed by atoms with Crippen LogP contribution in [0.4, 0.5) is 0 Å². The van der Waals surface area contributed by atoms with Gasteiger partial charge < -0.3 is 10.2 Å². The molecule has 0 aromatic heterocycles. The first-order chi connectivity index (χ1) is 14.4. The molecule has 5 heteroatoms. The van der Waals surface area contributed by atoms with Gasteiger partial charge in [-0.15, -0.1) is 0 Å². The minimum absolute atomic E-state index is 0.0286. The lowest BCUT2D eigenvalue weighted by atomic mass is 9.88. The molecule has 0 aliphatic carbocycles. The molecule has 160 valence electrons. The second kappa shape index (κ2) is 10.1. The molecule has 3 rings (SSSR count). The van der Waals surface area contributed by atoms with Gasteiger partial charge in [0.1, 0.15) is 6.04 Å². The van der Waals surface area contributed by atoms with Gasteiger partial charge in [0.15, 0.2) is 0 Å². The molecule has 1 aliphatic rings. The third-order valence-corrected chi connectivity index (χ3v) is 6.56. The van der Waals surface area contributed by atoms with E-state index in [1.165, 1.54) is 5.56 Å². The fourth-order valence-corrected chi connectivity index (χ4v) is 4.22. The molecule has 4 nitrogen and oxygen atoms in total. The number of carbonyl (C=O) groups excluding carboxylic acids is 2. The average Bonchev–Trinajstić information content (AvgIpc) is 2.77. The lowest BCUT2D eigenvalue weighted by Crippen LogP contribution is -2.53. The van der Waals surface area contributed by atoms with Crippen LogP contribution in [-0.2, 0) is 4.79 Å². The van der Waals surface area contributed by atoms with Gasteiger partial charge in [-0.25, -0.2) is 0 Å². The van der Waals surface area contributed by atoms with E-state index in [9.17, 15) is 9.59 Å². The summed E-state index contributed by atoms with van der Waals surface area (Å²) in [5.74, 6) is 0.359. The zero-order valence-corrected chi connectivity index (χ0v) is 18.8. The number of piperidine rings is 1. The molecule has 2 aromatic rings. The van der Waals surface area contributed by atoms with E-state index in [1.807, 2.05) is 49.1 Å². The fraction of sp³-hybridized carbons (Fsp3) is 0.440. The minimum atomic E-state index is -0.505. The van der Waals surface area contributed by atoms with Gasteiger partial charge in [-0.2, -0.15) is 0 Å². The van der Waals surface area contributed by atoms with Gasteiger partial charge in [-0.1, -0.05) is 62.2 Å². The van der Waals surface area contributed by atoms with E-state index in [0.717, 1.165) is 29.8 Å². The Bertz CT molecular complexity index is 873. The number of halogens is 1. The van der Waals surface area contributed by atoms with Gasteiger partial charge in [-0.3, -0.25) is 9.59 Å². The van der Waals surface area contributed by atoms with Crippen molar-refractivity contribution in [2.75, 3.05) is 13.1 Å². The van der Waals surface area contributed by atoms with Crippen LogP contribution >= 0.6 is 11.6 Å². The van der Waals surface area contributed by atoms with Crippen LogP contribution < -0.4 is 5.32 Å². The highest BCUT2D eigenvalue weighted by atomic mass is 35.5. The van der Waals surface area contributed by atoms with Gasteiger partial charge in [0.25, 0.3) is 5.91 Å². The second-order valence-electron chi connectivity index (χ2n) is 8.30. The zero-order chi connectivity index (χ0) is 21.7. The van der Waals surface area contributed by atoms with Crippen molar-refractivity contribution in [1.82, 2.24) is 10.2 Å². The van der Waals surface area contributed by atoms with Crippen LogP contribution in [0, 0.1) is 12.8 Å². The van der Waals surface area contributed by atoms with Crippen molar-refractivity contribution in [3.8, 4) is 0 Å². The molecule has 1 N–H and O–H groups in total. The highest BCUT2D eigenvalue weighted by molar-refractivity contribution is 6.30. The zero-order valence-electron chi connectivity index (χ0n) is 18.0. The number of hydrogen-bond donors (Lipinski definition) is 1. The Hall–Kier alpha value is -2.33. The van der Waals surface area contributed by atoms with E-state index in [4.69, 9.17) is 11.6 Å². The fourth-order valence-electron chi connectivity index (χ4n) is 4.09. The van der Waals surface area contributed by atoms with E-state index in [-0.39, 0.29) is 17.7 Å². The van der Waals surface area contributed by atoms with Crippen molar-refractivity contribution in [2.24, 2.45) is 5.92 Å². The van der Waals surface area contributed by atoms with Crippen molar-refractivity contribution in [1.29, 1.82) is 0 Å². The molecular weight excluding hydrogens is 396 g/mol. The van der Waals surface area contributed by atoms with Crippen LogP contribution in [-0.4, -0.2) is 35.8 Å². The standard InChI is InChI=1S/C25H31ClN2O2/c1-4-17(2)23(27-24(29)22-8-6-5-7-18(22)3)25(30)28-15-13-20(14-16-28)19-9-11-21(26)12-10-19/h5-12,17,20,23H,4,13-16H2,1-3H3,(H,27,29)/t17-,23+/m0/s1. The number of hydrogen-bond acceptors (Lipinski definition) is 2. The highest BCUT2D eigenvalue weighted by Crippen LogP contribution is 2.29. The number of likely N-dealkylation sites (tertiary alicyclic amines) is 1. The average molecular weight is 427 g/mol. The molecule has 0 saturated carbocycles. The Labute approximate surface area is 184 Å². The van der Waals surface area contributed by atoms with Gasteiger partial charge in [0.05, 0.1) is 0 Å². The lowest BCUT2D eigenvalue weighted by Gasteiger charge is -2.36. The quantitative estimate of drug-likeness (QED) is 0.690. The Balaban J connectivity index is 1.66. The molecule has 0 spiro atoms.